The molecule has 2 bridgehead atoms. The van der Waals surface area contributed by atoms with Crippen LogP contribution in [0.1, 0.15) is 41.0 Å². The van der Waals surface area contributed by atoms with Crippen molar-refractivity contribution >= 4 is 6.21 Å². The molecule has 2 rings (SSSR count). The number of dihydropyridines is 1. The molecule has 3 unspecified atom stereocenters. The summed E-state index contributed by atoms with van der Waals surface area (Å²) in [6, 6.07) is 0.429. The van der Waals surface area contributed by atoms with Gasteiger partial charge >= 0.3 is 0 Å². The van der Waals surface area contributed by atoms with Crippen molar-refractivity contribution in [2.75, 3.05) is 6.61 Å². The summed E-state index contributed by atoms with van der Waals surface area (Å²) in [5.41, 5.74) is 1.41. The Morgan fingerprint density at radius 2 is 2.00 bits per heavy atom. The highest BCUT2D eigenvalue weighted by Crippen LogP contribution is 2.38. The summed E-state index contributed by atoms with van der Waals surface area (Å²) in [5, 5.41) is 0. The average molecular weight is 221 g/mol. The number of rotatable bonds is 0. The minimum Gasteiger partial charge on any atom is -0.497 e. The lowest BCUT2D eigenvalue weighted by Gasteiger charge is -2.31. The SMILES string of the molecule is CC1COC2=C(C(C)(C)C)C=NC(C1)C2C. The van der Waals surface area contributed by atoms with Gasteiger partial charge in [-0.05, 0) is 17.8 Å². The summed E-state index contributed by atoms with van der Waals surface area (Å²) in [4.78, 5) is 4.73. The van der Waals surface area contributed by atoms with E-state index >= 15 is 0 Å². The van der Waals surface area contributed by atoms with E-state index in [1.54, 1.807) is 0 Å². The van der Waals surface area contributed by atoms with Gasteiger partial charge in [0.1, 0.15) is 5.76 Å². The van der Waals surface area contributed by atoms with Gasteiger partial charge in [0.2, 0.25) is 0 Å². The Bertz CT molecular complexity index is 335. The summed E-state index contributed by atoms with van der Waals surface area (Å²) >= 11 is 0. The first-order valence-corrected chi connectivity index (χ1v) is 6.30. The third kappa shape index (κ3) is 2.02. The Morgan fingerprint density at radius 1 is 1.31 bits per heavy atom. The number of hydrogen-bond donors (Lipinski definition) is 0. The molecule has 0 aliphatic carbocycles. The van der Waals surface area contributed by atoms with Gasteiger partial charge in [0.15, 0.2) is 0 Å². The van der Waals surface area contributed by atoms with Crippen LogP contribution >= 0.6 is 0 Å². The Balaban J connectivity index is 2.40. The molecule has 0 saturated carbocycles. The molecule has 2 aliphatic heterocycles. The van der Waals surface area contributed by atoms with Crippen molar-refractivity contribution in [3.05, 3.63) is 11.3 Å². The maximum absolute atomic E-state index is 6.03. The molecule has 0 radical (unpaired) electrons. The molecule has 0 amide bonds. The lowest BCUT2D eigenvalue weighted by molar-refractivity contribution is 0.163. The number of allylic oxidation sites excluding steroid dienone is 1. The van der Waals surface area contributed by atoms with Gasteiger partial charge in [0.25, 0.3) is 0 Å². The zero-order chi connectivity index (χ0) is 11.9. The van der Waals surface area contributed by atoms with Gasteiger partial charge < -0.3 is 4.74 Å². The molecule has 1 fully saturated rings. The van der Waals surface area contributed by atoms with Crippen LogP contribution in [-0.4, -0.2) is 18.9 Å². The van der Waals surface area contributed by atoms with Gasteiger partial charge in [-0.15, -0.1) is 0 Å². The van der Waals surface area contributed by atoms with Crippen LogP contribution in [0.2, 0.25) is 0 Å². The quantitative estimate of drug-likeness (QED) is 0.614. The summed E-state index contributed by atoms with van der Waals surface area (Å²) in [6.45, 7) is 12.0. The monoisotopic (exact) mass is 221 g/mol. The standard InChI is InChI=1S/C14H23NO/c1-9-6-12-10(2)13(16-8-9)11(7-15-12)14(3,4)5/h7,9-10,12H,6,8H2,1-5H3. The maximum atomic E-state index is 6.03. The van der Waals surface area contributed by atoms with Crippen molar-refractivity contribution in [2.45, 2.75) is 47.1 Å². The third-order valence-electron chi connectivity index (χ3n) is 3.63. The average Bonchev–Trinajstić information content (AvgIpc) is 2.27. The minimum atomic E-state index is 0.131. The fourth-order valence-corrected chi connectivity index (χ4v) is 2.53. The largest absolute Gasteiger partial charge is 0.497 e. The van der Waals surface area contributed by atoms with E-state index in [9.17, 15) is 0 Å². The van der Waals surface area contributed by atoms with E-state index in [0.717, 1.165) is 13.0 Å². The lowest BCUT2D eigenvalue weighted by Crippen LogP contribution is -2.27. The van der Waals surface area contributed by atoms with E-state index in [2.05, 4.69) is 40.8 Å². The zero-order valence-electron chi connectivity index (χ0n) is 11.1. The van der Waals surface area contributed by atoms with Gasteiger partial charge in [-0.25, -0.2) is 0 Å². The lowest BCUT2D eigenvalue weighted by atomic mass is 9.80. The first kappa shape index (κ1) is 11.7. The number of hydrogen-bond acceptors (Lipinski definition) is 2. The number of aliphatic imine (C=N–C) groups is 1. The second-order valence-corrected chi connectivity index (χ2v) is 6.31. The molecule has 1 saturated heterocycles. The van der Waals surface area contributed by atoms with Crippen molar-refractivity contribution in [3.8, 4) is 0 Å². The highest BCUT2D eigenvalue weighted by Gasteiger charge is 2.35. The summed E-state index contributed by atoms with van der Waals surface area (Å²) in [7, 11) is 0. The molecular weight excluding hydrogens is 198 g/mol. The molecule has 2 aliphatic rings. The molecule has 0 aromatic rings. The third-order valence-corrected chi connectivity index (χ3v) is 3.63. The first-order chi connectivity index (χ1) is 7.39. The molecule has 2 heteroatoms. The van der Waals surface area contributed by atoms with Gasteiger partial charge in [-0.1, -0.05) is 34.6 Å². The van der Waals surface area contributed by atoms with Crippen LogP contribution in [0, 0.1) is 17.3 Å². The molecule has 90 valence electrons. The summed E-state index contributed by atoms with van der Waals surface area (Å²) < 4.78 is 6.03. The fraction of sp³-hybridized carbons (Fsp3) is 0.786. The summed E-state index contributed by atoms with van der Waals surface area (Å²) in [6.07, 6.45) is 3.20. The van der Waals surface area contributed by atoms with Crippen LogP contribution < -0.4 is 0 Å². The van der Waals surface area contributed by atoms with E-state index in [4.69, 9.17) is 9.73 Å². The molecule has 0 N–H and O–H groups in total. The molecule has 0 aromatic carbocycles. The van der Waals surface area contributed by atoms with E-state index in [-0.39, 0.29) is 5.41 Å². The van der Waals surface area contributed by atoms with Crippen LogP contribution in [0.4, 0.5) is 0 Å². The second kappa shape index (κ2) is 3.90. The van der Waals surface area contributed by atoms with Crippen LogP contribution in [0.3, 0.4) is 0 Å². The van der Waals surface area contributed by atoms with Gasteiger partial charge in [0.05, 0.1) is 12.6 Å². The zero-order valence-corrected chi connectivity index (χ0v) is 11.1. The van der Waals surface area contributed by atoms with Crippen LogP contribution in [0.5, 0.6) is 0 Å². The van der Waals surface area contributed by atoms with Gasteiger partial charge in [0, 0.05) is 17.7 Å². The fourth-order valence-electron chi connectivity index (χ4n) is 2.53. The Labute approximate surface area is 98.8 Å². The molecule has 2 heterocycles. The minimum absolute atomic E-state index is 0.131. The topological polar surface area (TPSA) is 21.6 Å². The smallest absolute Gasteiger partial charge is 0.106 e. The highest BCUT2D eigenvalue weighted by molar-refractivity contribution is 5.82. The Morgan fingerprint density at radius 3 is 2.62 bits per heavy atom. The van der Waals surface area contributed by atoms with E-state index in [1.807, 2.05) is 0 Å². The Hall–Kier alpha value is -0.790. The van der Waals surface area contributed by atoms with E-state index < -0.39 is 0 Å². The predicted octanol–water partition coefficient (Wildman–Crippen LogP) is 3.43. The molecule has 3 atom stereocenters. The first-order valence-electron chi connectivity index (χ1n) is 6.30. The van der Waals surface area contributed by atoms with Crippen LogP contribution in [-0.2, 0) is 4.74 Å². The normalized spacial score (nSPS) is 34.7. The highest BCUT2D eigenvalue weighted by atomic mass is 16.5. The Kier molecular flexibility index (Phi) is 2.85. The second-order valence-electron chi connectivity index (χ2n) is 6.31. The van der Waals surface area contributed by atoms with Gasteiger partial charge in [-0.2, -0.15) is 0 Å². The van der Waals surface area contributed by atoms with Crippen molar-refractivity contribution in [1.29, 1.82) is 0 Å². The molecule has 16 heavy (non-hydrogen) atoms. The van der Waals surface area contributed by atoms with Crippen molar-refractivity contribution in [3.63, 3.8) is 0 Å². The molecule has 0 aromatic heterocycles. The molecular formula is C14H23NO. The van der Waals surface area contributed by atoms with Crippen molar-refractivity contribution < 1.29 is 4.74 Å². The number of nitrogens with zero attached hydrogens (tertiary/aromatic N) is 1. The van der Waals surface area contributed by atoms with E-state index in [0.29, 0.717) is 17.9 Å². The molecule has 0 spiro atoms. The van der Waals surface area contributed by atoms with Crippen molar-refractivity contribution in [1.82, 2.24) is 0 Å². The van der Waals surface area contributed by atoms with E-state index in [1.165, 1.54) is 11.3 Å². The molecule has 2 nitrogen and oxygen atoms in total. The van der Waals surface area contributed by atoms with Crippen molar-refractivity contribution in [2.24, 2.45) is 22.2 Å². The maximum Gasteiger partial charge on any atom is 0.106 e. The van der Waals surface area contributed by atoms with Crippen LogP contribution in [0.25, 0.3) is 0 Å². The van der Waals surface area contributed by atoms with Crippen LogP contribution in [0.15, 0.2) is 16.3 Å². The number of fused-ring (bicyclic) bond motifs is 2. The number of ether oxygens (including phenoxy) is 1. The predicted molar refractivity (Wildman–Crippen MR) is 67.7 cm³/mol. The summed E-state index contributed by atoms with van der Waals surface area (Å²) in [5.74, 6) is 2.25. The van der Waals surface area contributed by atoms with Gasteiger partial charge in [-0.3, -0.25) is 4.99 Å².